The first-order chi connectivity index (χ1) is 8.56. The molecule has 0 aliphatic rings. The molecule has 0 radical (unpaired) electrons. The molecule has 1 amide bonds. The Morgan fingerprint density at radius 3 is 2.58 bits per heavy atom. The van der Waals surface area contributed by atoms with Crippen LogP contribution in [0.1, 0.15) is 30.4 Å². The molecule has 1 unspecified atom stereocenters. The van der Waals surface area contributed by atoms with E-state index in [4.69, 9.17) is 0 Å². The highest BCUT2D eigenvalue weighted by Crippen LogP contribution is 2.22. The lowest BCUT2D eigenvalue weighted by molar-refractivity contribution is -0.130. The first kappa shape index (κ1) is 17.9. The number of hydrogen-bond acceptors (Lipinski definition) is 2. The van der Waals surface area contributed by atoms with Gasteiger partial charge in [-0.05, 0) is 31.0 Å². The van der Waals surface area contributed by atoms with E-state index in [2.05, 4.69) is 31.3 Å². The number of benzene rings is 1. The van der Waals surface area contributed by atoms with Crippen LogP contribution >= 0.6 is 12.4 Å². The van der Waals surface area contributed by atoms with Crippen molar-refractivity contribution < 1.29 is 4.79 Å². The third-order valence-corrected chi connectivity index (χ3v) is 3.32. The number of halogens is 1. The fraction of sp³-hybridized carbons (Fsp3) is 0.533. The molecular formula is C15H25ClN2O. The largest absolute Gasteiger partial charge is 0.344 e. The van der Waals surface area contributed by atoms with Gasteiger partial charge in [0.15, 0.2) is 0 Å². The van der Waals surface area contributed by atoms with Gasteiger partial charge in [0.2, 0.25) is 5.91 Å². The van der Waals surface area contributed by atoms with Crippen molar-refractivity contribution >= 4 is 18.3 Å². The van der Waals surface area contributed by atoms with Crippen LogP contribution in [-0.4, -0.2) is 38.0 Å². The first-order valence-electron chi connectivity index (χ1n) is 6.50. The van der Waals surface area contributed by atoms with E-state index in [1.54, 1.807) is 4.90 Å². The van der Waals surface area contributed by atoms with Gasteiger partial charge in [-0.1, -0.05) is 31.2 Å². The molecule has 1 atom stereocenters. The summed E-state index contributed by atoms with van der Waals surface area (Å²) in [6.07, 6.45) is 0.574. The van der Waals surface area contributed by atoms with Crippen LogP contribution in [0.15, 0.2) is 24.3 Å². The second-order valence-corrected chi connectivity index (χ2v) is 4.88. The second kappa shape index (κ2) is 8.94. The molecule has 0 heterocycles. The lowest BCUT2D eigenvalue weighted by atomic mass is 9.93. The maximum atomic E-state index is 12.0. The van der Waals surface area contributed by atoms with Gasteiger partial charge >= 0.3 is 0 Å². The highest BCUT2D eigenvalue weighted by atomic mass is 35.5. The van der Waals surface area contributed by atoms with Crippen molar-refractivity contribution in [3.8, 4) is 0 Å². The molecule has 0 aromatic heterocycles. The minimum absolute atomic E-state index is 0. The topological polar surface area (TPSA) is 32.3 Å². The van der Waals surface area contributed by atoms with Crippen molar-refractivity contribution in [1.82, 2.24) is 10.2 Å². The van der Waals surface area contributed by atoms with E-state index in [-0.39, 0.29) is 24.2 Å². The molecule has 0 saturated heterocycles. The summed E-state index contributed by atoms with van der Waals surface area (Å²) in [5.41, 5.74) is 2.53. The Hall–Kier alpha value is -1.06. The molecule has 3 nitrogen and oxygen atoms in total. The minimum Gasteiger partial charge on any atom is -0.344 e. The monoisotopic (exact) mass is 284 g/mol. The van der Waals surface area contributed by atoms with E-state index in [0.29, 0.717) is 6.42 Å². The number of amides is 1. The second-order valence-electron chi connectivity index (χ2n) is 4.88. The van der Waals surface area contributed by atoms with Gasteiger partial charge in [-0.3, -0.25) is 4.79 Å². The van der Waals surface area contributed by atoms with Crippen molar-refractivity contribution in [3.63, 3.8) is 0 Å². The standard InChI is InChI=1S/C15H24N2O.ClH/c1-12-7-5-6-8-14(12)13(2)11-15(18)17(4)10-9-16-3;/h5-8,13,16H,9-11H2,1-4H3;1H. The Balaban J connectivity index is 0.00000324. The number of nitrogens with zero attached hydrogens (tertiary/aromatic N) is 1. The maximum absolute atomic E-state index is 12.0. The van der Waals surface area contributed by atoms with Crippen LogP contribution in [0.3, 0.4) is 0 Å². The van der Waals surface area contributed by atoms with Crippen molar-refractivity contribution in [2.75, 3.05) is 27.2 Å². The van der Waals surface area contributed by atoms with E-state index in [1.165, 1.54) is 11.1 Å². The van der Waals surface area contributed by atoms with E-state index < -0.39 is 0 Å². The zero-order chi connectivity index (χ0) is 13.5. The van der Waals surface area contributed by atoms with Gasteiger partial charge in [-0.15, -0.1) is 12.4 Å². The van der Waals surface area contributed by atoms with Gasteiger partial charge in [-0.25, -0.2) is 0 Å². The summed E-state index contributed by atoms with van der Waals surface area (Å²) in [6.45, 7) is 5.81. The van der Waals surface area contributed by atoms with Crippen LogP contribution in [0, 0.1) is 6.92 Å². The fourth-order valence-electron chi connectivity index (χ4n) is 2.07. The molecule has 0 aliphatic carbocycles. The first-order valence-corrected chi connectivity index (χ1v) is 6.50. The molecule has 1 N–H and O–H groups in total. The van der Waals surface area contributed by atoms with E-state index in [0.717, 1.165) is 13.1 Å². The van der Waals surface area contributed by atoms with Crippen LogP contribution in [0.2, 0.25) is 0 Å². The number of carbonyl (C=O) groups excluding carboxylic acids is 1. The van der Waals surface area contributed by atoms with Gasteiger partial charge in [-0.2, -0.15) is 0 Å². The molecule has 0 aliphatic heterocycles. The molecule has 108 valence electrons. The molecule has 4 heteroatoms. The smallest absolute Gasteiger partial charge is 0.222 e. The Morgan fingerprint density at radius 2 is 2.00 bits per heavy atom. The molecule has 0 saturated carbocycles. The van der Waals surface area contributed by atoms with Crippen molar-refractivity contribution in [2.24, 2.45) is 0 Å². The van der Waals surface area contributed by atoms with Crippen LogP contribution in [0.5, 0.6) is 0 Å². The Morgan fingerprint density at radius 1 is 1.37 bits per heavy atom. The Kier molecular flexibility index (Phi) is 8.44. The van der Waals surface area contributed by atoms with Crippen molar-refractivity contribution in [2.45, 2.75) is 26.2 Å². The lowest BCUT2D eigenvalue weighted by Crippen LogP contribution is -2.33. The molecule has 0 spiro atoms. The molecule has 19 heavy (non-hydrogen) atoms. The number of likely N-dealkylation sites (N-methyl/N-ethyl adjacent to an activating group) is 2. The normalized spacial score (nSPS) is 11.6. The number of hydrogen-bond donors (Lipinski definition) is 1. The third-order valence-electron chi connectivity index (χ3n) is 3.32. The summed E-state index contributed by atoms with van der Waals surface area (Å²) >= 11 is 0. The highest BCUT2D eigenvalue weighted by Gasteiger charge is 2.15. The van der Waals surface area contributed by atoms with Crippen LogP contribution in [0.25, 0.3) is 0 Å². The highest BCUT2D eigenvalue weighted by molar-refractivity contribution is 5.85. The molecule has 1 rings (SSSR count). The van der Waals surface area contributed by atoms with Gasteiger partial charge in [0.25, 0.3) is 0 Å². The number of carbonyl (C=O) groups is 1. The maximum Gasteiger partial charge on any atom is 0.222 e. The summed E-state index contributed by atoms with van der Waals surface area (Å²) in [6, 6.07) is 8.28. The van der Waals surface area contributed by atoms with E-state index in [1.807, 2.05) is 26.2 Å². The van der Waals surface area contributed by atoms with E-state index >= 15 is 0 Å². The summed E-state index contributed by atoms with van der Waals surface area (Å²) in [7, 11) is 3.76. The zero-order valence-corrected chi connectivity index (χ0v) is 13.1. The van der Waals surface area contributed by atoms with Crippen LogP contribution in [-0.2, 0) is 4.79 Å². The molecule has 0 fully saturated rings. The van der Waals surface area contributed by atoms with Crippen LogP contribution < -0.4 is 5.32 Å². The molecule has 1 aromatic rings. The Bertz CT molecular complexity index is 395. The average molecular weight is 285 g/mol. The Labute approximate surface area is 122 Å². The van der Waals surface area contributed by atoms with Gasteiger partial charge < -0.3 is 10.2 Å². The lowest BCUT2D eigenvalue weighted by Gasteiger charge is -2.20. The van der Waals surface area contributed by atoms with Crippen molar-refractivity contribution in [1.29, 1.82) is 0 Å². The van der Waals surface area contributed by atoms with Crippen molar-refractivity contribution in [3.05, 3.63) is 35.4 Å². The fourth-order valence-corrected chi connectivity index (χ4v) is 2.07. The summed E-state index contributed by atoms with van der Waals surface area (Å²) in [5, 5.41) is 3.05. The number of rotatable bonds is 6. The molecule has 0 bridgehead atoms. The SMILES string of the molecule is CNCCN(C)C(=O)CC(C)c1ccccc1C.Cl. The third kappa shape index (κ3) is 5.62. The van der Waals surface area contributed by atoms with Gasteiger partial charge in [0, 0.05) is 26.6 Å². The van der Waals surface area contributed by atoms with Gasteiger partial charge in [0.05, 0.1) is 0 Å². The van der Waals surface area contributed by atoms with Gasteiger partial charge in [0.1, 0.15) is 0 Å². The number of nitrogens with one attached hydrogen (secondary N) is 1. The van der Waals surface area contributed by atoms with E-state index in [9.17, 15) is 4.79 Å². The molecular weight excluding hydrogens is 260 g/mol. The van der Waals surface area contributed by atoms with Crippen LogP contribution in [0.4, 0.5) is 0 Å². The summed E-state index contributed by atoms with van der Waals surface area (Å²) in [4.78, 5) is 13.8. The minimum atomic E-state index is 0. The molecule has 1 aromatic carbocycles. The predicted molar refractivity (Wildman–Crippen MR) is 83.0 cm³/mol. The predicted octanol–water partition coefficient (Wildman–Crippen LogP) is 2.59. The average Bonchev–Trinajstić information content (AvgIpc) is 2.36. The number of aryl methyl sites for hydroxylation is 1. The summed E-state index contributed by atoms with van der Waals surface area (Å²) < 4.78 is 0. The summed E-state index contributed by atoms with van der Waals surface area (Å²) in [5.74, 6) is 0.483. The zero-order valence-electron chi connectivity index (χ0n) is 12.3. The quantitative estimate of drug-likeness (QED) is 0.871.